The summed E-state index contributed by atoms with van der Waals surface area (Å²) in [6.45, 7) is 6.23. The topological polar surface area (TPSA) is 50.4 Å². The van der Waals surface area contributed by atoms with Crippen molar-refractivity contribution >= 4 is 18.3 Å². The molecule has 1 amide bonds. The molecule has 1 rings (SSSR count). The maximum Gasteiger partial charge on any atom is 0.220 e. The van der Waals surface area contributed by atoms with Gasteiger partial charge >= 0.3 is 0 Å². The Labute approximate surface area is 104 Å². The summed E-state index contributed by atoms with van der Waals surface area (Å²) in [7, 11) is 0. The van der Waals surface area contributed by atoms with Crippen molar-refractivity contribution in [2.75, 3.05) is 32.8 Å². The quantitative estimate of drug-likeness (QED) is 0.691. The highest BCUT2D eigenvalue weighted by atomic mass is 35.5. The Hall–Kier alpha value is -0.320. The number of rotatable bonds is 6. The second-order valence-electron chi connectivity index (χ2n) is 3.96. The molecule has 0 atom stereocenters. The number of hydrogen-bond acceptors (Lipinski definition) is 3. The summed E-state index contributed by atoms with van der Waals surface area (Å²) in [6, 6.07) is 0. The van der Waals surface area contributed by atoms with E-state index < -0.39 is 0 Å². The van der Waals surface area contributed by atoms with Gasteiger partial charge in [0, 0.05) is 32.7 Å². The van der Waals surface area contributed by atoms with Crippen LogP contribution in [0.25, 0.3) is 0 Å². The summed E-state index contributed by atoms with van der Waals surface area (Å²) in [5.74, 6) is 0.706. The van der Waals surface area contributed by atoms with Crippen LogP contribution in [0.4, 0.5) is 0 Å². The molecule has 96 valence electrons. The Bertz CT molecular complexity index is 185. The van der Waals surface area contributed by atoms with E-state index in [0.717, 1.165) is 45.7 Å². The molecule has 1 aliphatic rings. The molecule has 1 aliphatic heterocycles. The van der Waals surface area contributed by atoms with E-state index in [1.807, 2.05) is 0 Å². The zero-order valence-electron chi connectivity index (χ0n) is 9.96. The molecule has 0 aromatic rings. The van der Waals surface area contributed by atoms with Gasteiger partial charge in [0.25, 0.3) is 0 Å². The van der Waals surface area contributed by atoms with Gasteiger partial charge in [-0.1, -0.05) is 6.92 Å². The molecule has 0 unspecified atom stereocenters. The largest absolute Gasteiger partial charge is 0.381 e. The van der Waals surface area contributed by atoms with Crippen LogP contribution in [-0.4, -0.2) is 38.8 Å². The smallest absolute Gasteiger partial charge is 0.220 e. The minimum atomic E-state index is 0. The minimum Gasteiger partial charge on any atom is -0.381 e. The number of halogens is 1. The van der Waals surface area contributed by atoms with E-state index >= 15 is 0 Å². The number of carbonyl (C=O) groups is 1. The minimum absolute atomic E-state index is 0. The molecule has 0 saturated carbocycles. The fraction of sp³-hybridized carbons (Fsp3) is 0.909. The van der Waals surface area contributed by atoms with E-state index in [2.05, 4.69) is 17.6 Å². The predicted molar refractivity (Wildman–Crippen MR) is 67.0 cm³/mol. The van der Waals surface area contributed by atoms with E-state index in [4.69, 9.17) is 4.74 Å². The number of ether oxygens (including phenoxy) is 1. The molecule has 0 spiro atoms. The summed E-state index contributed by atoms with van der Waals surface area (Å²) >= 11 is 0. The molecular formula is C11H23ClN2O2. The van der Waals surface area contributed by atoms with Crippen LogP contribution in [0.5, 0.6) is 0 Å². The second kappa shape index (κ2) is 9.87. The lowest BCUT2D eigenvalue weighted by Crippen LogP contribution is -2.33. The first-order valence-electron chi connectivity index (χ1n) is 5.88. The first-order chi connectivity index (χ1) is 7.33. The van der Waals surface area contributed by atoms with Gasteiger partial charge in [0.15, 0.2) is 0 Å². The van der Waals surface area contributed by atoms with Gasteiger partial charge in [0.1, 0.15) is 0 Å². The molecule has 0 radical (unpaired) electrons. The van der Waals surface area contributed by atoms with Crippen molar-refractivity contribution in [3.05, 3.63) is 0 Å². The maximum atomic E-state index is 11.5. The summed E-state index contributed by atoms with van der Waals surface area (Å²) in [5, 5.41) is 6.10. The monoisotopic (exact) mass is 250 g/mol. The Balaban J connectivity index is 0.00000225. The van der Waals surface area contributed by atoms with Gasteiger partial charge < -0.3 is 15.4 Å². The number of nitrogens with one attached hydrogen (secondary N) is 2. The zero-order chi connectivity index (χ0) is 10.9. The van der Waals surface area contributed by atoms with Gasteiger partial charge in [-0.25, -0.2) is 0 Å². The average molecular weight is 251 g/mol. The van der Waals surface area contributed by atoms with Gasteiger partial charge in [-0.15, -0.1) is 12.4 Å². The van der Waals surface area contributed by atoms with Crippen LogP contribution < -0.4 is 10.6 Å². The van der Waals surface area contributed by atoms with Gasteiger partial charge in [-0.3, -0.25) is 4.79 Å². The Morgan fingerprint density at radius 2 is 2.00 bits per heavy atom. The normalized spacial score (nSPS) is 16.6. The second-order valence-corrected chi connectivity index (χ2v) is 3.96. The van der Waals surface area contributed by atoms with Crippen LogP contribution in [-0.2, 0) is 9.53 Å². The lowest BCUT2D eigenvalue weighted by Gasteiger charge is -2.21. The molecule has 1 saturated heterocycles. The van der Waals surface area contributed by atoms with Crippen molar-refractivity contribution < 1.29 is 9.53 Å². The summed E-state index contributed by atoms with van der Waals surface area (Å²) in [6.07, 6.45) is 2.72. The van der Waals surface area contributed by atoms with Crippen molar-refractivity contribution in [3.63, 3.8) is 0 Å². The molecule has 0 aromatic carbocycles. The van der Waals surface area contributed by atoms with Crippen LogP contribution in [0.1, 0.15) is 26.2 Å². The summed E-state index contributed by atoms with van der Waals surface area (Å²) in [5.41, 5.74) is 0. The average Bonchev–Trinajstić information content (AvgIpc) is 2.26. The molecule has 1 fully saturated rings. The fourth-order valence-corrected chi connectivity index (χ4v) is 1.75. The van der Waals surface area contributed by atoms with E-state index in [9.17, 15) is 4.79 Å². The van der Waals surface area contributed by atoms with E-state index in [1.165, 1.54) is 0 Å². The number of amides is 1. The van der Waals surface area contributed by atoms with Crippen LogP contribution >= 0.6 is 12.4 Å². The fourth-order valence-electron chi connectivity index (χ4n) is 1.75. The van der Waals surface area contributed by atoms with Crippen molar-refractivity contribution in [2.24, 2.45) is 5.92 Å². The Morgan fingerprint density at radius 3 is 2.62 bits per heavy atom. The van der Waals surface area contributed by atoms with Crippen LogP contribution in [0.2, 0.25) is 0 Å². The molecule has 4 nitrogen and oxygen atoms in total. The first-order valence-corrected chi connectivity index (χ1v) is 5.88. The maximum absolute atomic E-state index is 11.5. The SMILES string of the molecule is CCNCCNC(=O)CC1CCOCC1.Cl. The zero-order valence-corrected chi connectivity index (χ0v) is 10.8. The predicted octanol–water partition coefficient (Wildman–Crippen LogP) is 0.951. The van der Waals surface area contributed by atoms with Crippen LogP contribution in [0, 0.1) is 5.92 Å². The Kier molecular flexibility index (Phi) is 9.68. The van der Waals surface area contributed by atoms with Gasteiger partial charge in [0.2, 0.25) is 5.91 Å². The standard InChI is InChI=1S/C11H22N2O2.ClH/c1-2-12-5-6-13-11(14)9-10-3-7-15-8-4-10;/h10,12H,2-9H2,1H3,(H,13,14);1H. The van der Waals surface area contributed by atoms with E-state index in [0.29, 0.717) is 12.3 Å². The van der Waals surface area contributed by atoms with E-state index in [-0.39, 0.29) is 18.3 Å². The lowest BCUT2D eigenvalue weighted by atomic mass is 9.96. The molecule has 0 bridgehead atoms. The third-order valence-corrected chi connectivity index (χ3v) is 2.69. The first kappa shape index (κ1) is 15.7. The van der Waals surface area contributed by atoms with Crippen molar-refractivity contribution in [1.29, 1.82) is 0 Å². The number of carbonyl (C=O) groups excluding carboxylic acids is 1. The highest BCUT2D eigenvalue weighted by Gasteiger charge is 2.16. The summed E-state index contributed by atoms with van der Waals surface area (Å²) < 4.78 is 5.25. The molecule has 2 N–H and O–H groups in total. The Morgan fingerprint density at radius 1 is 1.31 bits per heavy atom. The van der Waals surface area contributed by atoms with E-state index in [1.54, 1.807) is 0 Å². The van der Waals surface area contributed by atoms with Crippen LogP contribution in [0.3, 0.4) is 0 Å². The van der Waals surface area contributed by atoms with Gasteiger partial charge in [0.05, 0.1) is 0 Å². The summed E-state index contributed by atoms with van der Waals surface area (Å²) in [4.78, 5) is 11.5. The van der Waals surface area contributed by atoms with Gasteiger partial charge in [-0.2, -0.15) is 0 Å². The van der Waals surface area contributed by atoms with Crippen molar-refractivity contribution in [2.45, 2.75) is 26.2 Å². The lowest BCUT2D eigenvalue weighted by molar-refractivity contribution is -0.122. The molecule has 0 aliphatic carbocycles. The highest BCUT2D eigenvalue weighted by Crippen LogP contribution is 2.17. The van der Waals surface area contributed by atoms with Gasteiger partial charge in [-0.05, 0) is 25.3 Å². The molecule has 1 heterocycles. The molecule has 0 aromatic heterocycles. The highest BCUT2D eigenvalue weighted by molar-refractivity contribution is 5.85. The molecule has 5 heteroatoms. The van der Waals surface area contributed by atoms with Crippen molar-refractivity contribution in [1.82, 2.24) is 10.6 Å². The molecule has 16 heavy (non-hydrogen) atoms. The molecular weight excluding hydrogens is 228 g/mol. The number of likely N-dealkylation sites (N-methyl/N-ethyl adjacent to an activating group) is 1. The van der Waals surface area contributed by atoms with Crippen molar-refractivity contribution in [3.8, 4) is 0 Å². The third-order valence-electron chi connectivity index (χ3n) is 2.69. The third kappa shape index (κ3) is 7.04. The van der Waals surface area contributed by atoms with Crippen LogP contribution in [0.15, 0.2) is 0 Å². The number of hydrogen-bond donors (Lipinski definition) is 2.